The maximum Gasteiger partial charge on any atom is 0.119 e. The molecule has 1 heterocycles. The van der Waals surface area contributed by atoms with E-state index >= 15 is 0 Å². The SMILES string of the molecule is Cc1csc(COC2CCCCC2N)n1. The van der Waals surface area contributed by atoms with Crippen LogP contribution in [-0.4, -0.2) is 17.1 Å². The smallest absolute Gasteiger partial charge is 0.119 e. The average Bonchev–Trinajstić information content (AvgIpc) is 2.63. The number of hydrogen-bond donors (Lipinski definition) is 1. The Morgan fingerprint density at radius 2 is 2.33 bits per heavy atom. The van der Waals surface area contributed by atoms with Gasteiger partial charge in [0.2, 0.25) is 0 Å². The van der Waals surface area contributed by atoms with E-state index in [1.54, 1.807) is 11.3 Å². The van der Waals surface area contributed by atoms with E-state index in [4.69, 9.17) is 10.5 Å². The number of ether oxygens (including phenoxy) is 1. The van der Waals surface area contributed by atoms with Crippen molar-refractivity contribution in [1.82, 2.24) is 4.98 Å². The number of nitrogens with zero attached hydrogens (tertiary/aromatic N) is 1. The lowest BCUT2D eigenvalue weighted by atomic mass is 9.93. The van der Waals surface area contributed by atoms with Gasteiger partial charge in [-0.2, -0.15) is 0 Å². The van der Waals surface area contributed by atoms with Crippen molar-refractivity contribution in [2.45, 2.75) is 51.4 Å². The molecular formula is C11H18N2OS. The third kappa shape index (κ3) is 3.00. The second-order valence-corrected chi connectivity index (χ2v) is 5.12. The fourth-order valence-corrected chi connectivity index (χ4v) is 2.67. The van der Waals surface area contributed by atoms with Crippen molar-refractivity contribution in [2.24, 2.45) is 5.73 Å². The molecule has 15 heavy (non-hydrogen) atoms. The normalized spacial score (nSPS) is 26.8. The van der Waals surface area contributed by atoms with E-state index in [0.29, 0.717) is 6.61 Å². The van der Waals surface area contributed by atoms with Gasteiger partial charge in [-0.25, -0.2) is 4.98 Å². The molecule has 0 aliphatic heterocycles. The number of hydrogen-bond acceptors (Lipinski definition) is 4. The summed E-state index contributed by atoms with van der Waals surface area (Å²) in [5.74, 6) is 0. The van der Waals surface area contributed by atoms with E-state index in [1.807, 2.05) is 6.92 Å². The molecular weight excluding hydrogens is 208 g/mol. The van der Waals surface area contributed by atoms with E-state index in [9.17, 15) is 0 Å². The molecule has 1 fully saturated rings. The minimum atomic E-state index is 0.222. The lowest BCUT2D eigenvalue weighted by Crippen LogP contribution is -2.39. The fourth-order valence-electron chi connectivity index (χ4n) is 1.98. The molecule has 1 aliphatic carbocycles. The lowest BCUT2D eigenvalue weighted by molar-refractivity contribution is 0.00394. The third-order valence-electron chi connectivity index (χ3n) is 2.84. The molecule has 0 radical (unpaired) electrons. The summed E-state index contributed by atoms with van der Waals surface area (Å²) in [4.78, 5) is 4.37. The first kappa shape index (κ1) is 11.0. The second kappa shape index (κ2) is 5.05. The van der Waals surface area contributed by atoms with Gasteiger partial charge in [0.25, 0.3) is 0 Å². The number of aromatic nitrogens is 1. The molecule has 4 heteroatoms. The molecule has 1 aliphatic rings. The summed E-state index contributed by atoms with van der Waals surface area (Å²) in [6.45, 7) is 2.63. The van der Waals surface area contributed by atoms with Gasteiger partial charge in [0.05, 0.1) is 12.7 Å². The van der Waals surface area contributed by atoms with Gasteiger partial charge in [-0.3, -0.25) is 0 Å². The number of thiazole rings is 1. The molecule has 0 bridgehead atoms. The van der Waals surface area contributed by atoms with Crippen LogP contribution in [0.5, 0.6) is 0 Å². The summed E-state index contributed by atoms with van der Waals surface area (Å²) in [7, 11) is 0. The van der Waals surface area contributed by atoms with E-state index in [2.05, 4.69) is 10.4 Å². The first-order valence-corrected chi connectivity index (χ1v) is 6.42. The van der Waals surface area contributed by atoms with Crippen molar-refractivity contribution >= 4 is 11.3 Å². The van der Waals surface area contributed by atoms with Gasteiger partial charge in [0.15, 0.2) is 0 Å². The highest BCUT2D eigenvalue weighted by Gasteiger charge is 2.22. The molecule has 2 unspecified atom stereocenters. The van der Waals surface area contributed by atoms with Crippen LogP contribution in [0.2, 0.25) is 0 Å². The molecule has 2 atom stereocenters. The van der Waals surface area contributed by atoms with Crippen LogP contribution in [0, 0.1) is 6.92 Å². The fraction of sp³-hybridized carbons (Fsp3) is 0.727. The Balaban J connectivity index is 1.81. The zero-order valence-corrected chi connectivity index (χ0v) is 9.93. The minimum Gasteiger partial charge on any atom is -0.369 e. The maximum absolute atomic E-state index is 6.01. The summed E-state index contributed by atoms with van der Waals surface area (Å²) in [5, 5.41) is 3.12. The van der Waals surface area contributed by atoms with Crippen LogP contribution in [0.15, 0.2) is 5.38 Å². The van der Waals surface area contributed by atoms with Gasteiger partial charge in [-0.1, -0.05) is 12.8 Å². The van der Waals surface area contributed by atoms with Crippen molar-refractivity contribution in [3.05, 3.63) is 16.1 Å². The molecule has 0 spiro atoms. The molecule has 0 saturated heterocycles. The molecule has 0 aromatic carbocycles. The molecule has 0 amide bonds. The lowest BCUT2D eigenvalue weighted by Gasteiger charge is -2.28. The molecule has 84 valence electrons. The molecule has 1 saturated carbocycles. The van der Waals surface area contributed by atoms with Gasteiger partial charge in [-0.05, 0) is 19.8 Å². The van der Waals surface area contributed by atoms with Crippen molar-refractivity contribution in [3.63, 3.8) is 0 Å². The van der Waals surface area contributed by atoms with E-state index in [1.165, 1.54) is 12.8 Å². The Kier molecular flexibility index (Phi) is 3.72. The van der Waals surface area contributed by atoms with Gasteiger partial charge in [0.1, 0.15) is 5.01 Å². The summed E-state index contributed by atoms with van der Waals surface area (Å²) in [5.41, 5.74) is 7.08. The first-order chi connectivity index (χ1) is 7.25. The van der Waals surface area contributed by atoms with Crippen molar-refractivity contribution < 1.29 is 4.74 Å². The zero-order valence-electron chi connectivity index (χ0n) is 9.11. The van der Waals surface area contributed by atoms with E-state index in [0.717, 1.165) is 23.5 Å². The van der Waals surface area contributed by atoms with Gasteiger partial charge >= 0.3 is 0 Å². The maximum atomic E-state index is 6.01. The molecule has 2 N–H and O–H groups in total. The van der Waals surface area contributed by atoms with Crippen LogP contribution in [0.25, 0.3) is 0 Å². The van der Waals surface area contributed by atoms with Crippen LogP contribution < -0.4 is 5.73 Å². The summed E-state index contributed by atoms with van der Waals surface area (Å²) in [6.07, 6.45) is 4.93. The topological polar surface area (TPSA) is 48.1 Å². The third-order valence-corrected chi connectivity index (χ3v) is 3.78. The molecule has 1 aromatic rings. The predicted molar refractivity (Wildman–Crippen MR) is 61.9 cm³/mol. The average molecular weight is 226 g/mol. The Morgan fingerprint density at radius 3 is 3.00 bits per heavy atom. The highest BCUT2D eigenvalue weighted by Crippen LogP contribution is 2.21. The van der Waals surface area contributed by atoms with Crippen molar-refractivity contribution in [3.8, 4) is 0 Å². The number of rotatable bonds is 3. The first-order valence-electron chi connectivity index (χ1n) is 5.54. The summed E-state index contributed by atoms with van der Waals surface area (Å²) < 4.78 is 5.82. The standard InChI is InChI=1S/C11H18N2OS/c1-8-7-15-11(13-8)6-14-10-5-3-2-4-9(10)12/h7,9-10H,2-6,12H2,1H3. The highest BCUT2D eigenvalue weighted by molar-refractivity contribution is 7.09. The summed E-state index contributed by atoms with van der Waals surface area (Å²) in [6, 6.07) is 0.222. The number of nitrogens with two attached hydrogens (primary N) is 1. The van der Waals surface area contributed by atoms with Crippen molar-refractivity contribution in [2.75, 3.05) is 0 Å². The molecule has 3 nitrogen and oxygen atoms in total. The zero-order chi connectivity index (χ0) is 10.7. The monoisotopic (exact) mass is 226 g/mol. The van der Waals surface area contributed by atoms with Crippen LogP contribution >= 0.6 is 11.3 Å². The Labute approximate surface area is 94.7 Å². The minimum absolute atomic E-state index is 0.222. The highest BCUT2D eigenvalue weighted by atomic mass is 32.1. The number of aryl methyl sites for hydroxylation is 1. The van der Waals surface area contributed by atoms with Gasteiger partial charge in [-0.15, -0.1) is 11.3 Å². The molecule has 1 aromatic heterocycles. The van der Waals surface area contributed by atoms with E-state index < -0.39 is 0 Å². The Bertz CT molecular complexity index is 313. The van der Waals surface area contributed by atoms with Gasteiger partial charge in [0, 0.05) is 17.1 Å². The van der Waals surface area contributed by atoms with Crippen LogP contribution in [0.1, 0.15) is 36.4 Å². The quantitative estimate of drug-likeness (QED) is 0.860. The van der Waals surface area contributed by atoms with Gasteiger partial charge < -0.3 is 10.5 Å². The Hall–Kier alpha value is -0.450. The van der Waals surface area contributed by atoms with Crippen LogP contribution in [0.4, 0.5) is 0 Å². The second-order valence-electron chi connectivity index (χ2n) is 4.18. The van der Waals surface area contributed by atoms with Crippen LogP contribution in [0.3, 0.4) is 0 Å². The predicted octanol–water partition coefficient (Wildman–Crippen LogP) is 2.24. The van der Waals surface area contributed by atoms with E-state index in [-0.39, 0.29) is 12.1 Å². The Morgan fingerprint density at radius 1 is 1.53 bits per heavy atom. The largest absolute Gasteiger partial charge is 0.369 e. The van der Waals surface area contributed by atoms with Crippen molar-refractivity contribution in [1.29, 1.82) is 0 Å². The summed E-state index contributed by atoms with van der Waals surface area (Å²) >= 11 is 1.66. The van der Waals surface area contributed by atoms with Crippen LogP contribution in [-0.2, 0) is 11.3 Å². The molecule has 2 rings (SSSR count).